The van der Waals surface area contributed by atoms with Gasteiger partial charge in [0.2, 0.25) is 0 Å². The van der Waals surface area contributed by atoms with E-state index in [0.717, 1.165) is 39.0 Å². The lowest BCUT2D eigenvalue weighted by molar-refractivity contribution is 0.669. The standard InChI is InChI=1S/C54H32N2O/c1-2-14-39-37(12-1)38-13-3-4-15-40(38)46-32-36(28-29-41(39)46)55(51-22-11-19-45-44-18-7-10-23-52(44)57-54(45)51)35-26-24-33(25-27-35)34-30-47-42-16-5-8-20-49(42)56-50-21-9-6-17-43(50)48(31-34)53(47)56/h1-32H. The van der Waals surface area contributed by atoms with Gasteiger partial charge in [-0.05, 0) is 104 Å². The predicted octanol–water partition coefficient (Wildman–Crippen LogP) is 15.3. The summed E-state index contributed by atoms with van der Waals surface area (Å²) in [5.74, 6) is 0. The van der Waals surface area contributed by atoms with E-state index >= 15 is 0 Å². The van der Waals surface area contributed by atoms with Crippen molar-refractivity contribution in [3.05, 3.63) is 194 Å². The van der Waals surface area contributed by atoms with Crippen LogP contribution in [0.15, 0.2) is 199 Å². The van der Waals surface area contributed by atoms with Crippen LogP contribution in [-0.4, -0.2) is 4.40 Å². The second-order valence-electron chi connectivity index (χ2n) is 15.2. The normalized spacial score (nSPS) is 12.2. The molecule has 0 unspecified atom stereocenters. The number of nitrogens with zero attached hydrogens (tertiary/aromatic N) is 2. The van der Waals surface area contributed by atoms with Crippen LogP contribution < -0.4 is 4.90 Å². The van der Waals surface area contributed by atoms with Gasteiger partial charge in [0.1, 0.15) is 5.58 Å². The zero-order valence-electron chi connectivity index (χ0n) is 30.8. The summed E-state index contributed by atoms with van der Waals surface area (Å²) in [4.78, 5) is 2.37. The summed E-state index contributed by atoms with van der Waals surface area (Å²) in [6.07, 6.45) is 0. The number of benzene rings is 10. The summed E-state index contributed by atoms with van der Waals surface area (Å²) >= 11 is 0. The number of para-hydroxylation sites is 4. The van der Waals surface area contributed by atoms with Crippen molar-refractivity contribution in [2.75, 3.05) is 4.90 Å². The molecule has 0 fully saturated rings. The third kappa shape index (κ3) is 4.26. The van der Waals surface area contributed by atoms with Crippen LogP contribution in [0.4, 0.5) is 17.1 Å². The third-order valence-corrected chi connectivity index (χ3v) is 12.3. The minimum absolute atomic E-state index is 0.870. The molecule has 0 saturated carbocycles. The van der Waals surface area contributed by atoms with Crippen molar-refractivity contribution in [1.29, 1.82) is 0 Å². The molecular formula is C54H32N2O. The molecule has 0 aliphatic heterocycles. The topological polar surface area (TPSA) is 20.8 Å². The molecular weight excluding hydrogens is 693 g/mol. The number of rotatable bonds is 4. The number of fused-ring (bicyclic) bond motifs is 15. The van der Waals surface area contributed by atoms with Crippen LogP contribution in [0.3, 0.4) is 0 Å². The van der Waals surface area contributed by atoms with Gasteiger partial charge in [-0.25, -0.2) is 0 Å². The minimum atomic E-state index is 0.870. The molecule has 13 aromatic rings. The zero-order valence-corrected chi connectivity index (χ0v) is 30.8. The van der Waals surface area contributed by atoms with Crippen LogP contribution in [0, 0.1) is 0 Å². The SMILES string of the molecule is c1ccc2c(c1)oc1c(N(c3ccc(-c4cc5c6ccccc6n6c7ccccc7c(c4)c56)cc3)c3ccc4c5ccccc5c5ccccc5c4c3)cccc12. The van der Waals surface area contributed by atoms with Gasteiger partial charge < -0.3 is 13.7 Å². The van der Waals surface area contributed by atoms with E-state index in [-0.39, 0.29) is 0 Å². The van der Waals surface area contributed by atoms with Gasteiger partial charge in [-0.3, -0.25) is 0 Å². The maximum Gasteiger partial charge on any atom is 0.159 e. The Hall–Kier alpha value is -7.62. The van der Waals surface area contributed by atoms with Gasteiger partial charge in [-0.1, -0.05) is 133 Å². The van der Waals surface area contributed by atoms with Gasteiger partial charge in [0.05, 0.1) is 22.2 Å². The maximum absolute atomic E-state index is 6.70. The molecule has 0 spiro atoms. The summed E-state index contributed by atoms with van der Waals surface area (Å²) in [6, 6.07) is 70.7. The van der Waals surface area contributed by atoms with Crippen molar-refractivity contribution in [3.8, 4) is 11.1 Å². The van der Waals surface area contributed by atoms with Gasteiger partial charge in [0, 0.05) is 43.7 Å². The van der Waals surface area contributed by atoms with E-state index in [1.165, 1.54) is 81.5 Å². The molecule has 0 N–H and O–H groups in total. The van der Waals surface area contributed by atoms with E-state index in [2.05, 4.69) is 197 Å². The second-order valence-corrected chi connectivity index (χ2v) is 15.2. The summed E-state index contributed by atoms with van der Waals surface area (Å²) in [5, 5.41) is 14.9. The Morgan fingerprint density at radius 1 is 0.333 bits per heavy atom. The molecule has 264 valence electrons. The van der Waals surface area contributed by atoms with E-state index in [1.807, 2.05) is 6.07 Å². The molecule has 0 amide bonds. The van der Waals surface area contributed by atoms with E-state index in [1.54, 1.807) is 0 Å². The van der Waals surface area contributed by atoms with E-state index in [9.17, 15) is 0 Å². The highest BCUT2D eigenvalue weighted by Gasteiger charge is 2.22. The third-order valence-electron chi connectivity index (χ3n) is 12.3. The lowest BCUT2D eigenvalue weighted by Gasteiger charge is -2.26. The average molecular weight is 725 g/mol. The first-order chi connectivity index (χ1) is 28.3. The average Bonchev–Trinajstić information content (AvgIpc) is 3.94. The summed E-state index contributed by atoms with van der Waals surface area (Å²) in [7, 11) is 0. The highest BCUT2D eigenvalue weighted by atomic mass is 16.3. The van der Waals surface area contributed by atoms with Crippen molar-refractivity contribution in [2.24, 2.45) is 0 Å². The number of hydrogen-bond donors (Lipinski definition) is 0. The van der Waals surface area contributed by atoms with Crippen LogP contribution in [0.2, 0.25) is 0 Å². The molecule has 0 atom stereocenters. The van der Waals surface area contributed by atoms with Crippen molar-refractivity contribution in [1.82, 2.24) is 4.40 Å². The Balaban J connectivity index is 1.04. The molecule has 13 rings (SSSR count). The van der Waals surface area contributed by atoms with Gasteiger partial charge in [0.25, 0.3) is 0 Å². The van der Waals surface area contributed by atoms with Crippen LogP contribution in [0.5, 0.6) is 0 Å². The first kappa shape index (κ1) is 30.7. The molecule has 3 nitrogen and oxygen atoms in total. The van der Waals surface area contributed by atoms with Crippen molar-refractivity contribution < 1.29 is 4.42 Å². The number of furan rings is 1. The Labute approximate surface area is 327 Å². The molecule has 57 heavy (non-hydrogen) atoms. The first-order valence-corrected chi connectivity index (χ1v) is 19.6. The minimum Gasteiger partial charge on any atom is -0.454 e. The number of anilines is 3. The van der Waals surface area contributed by atoms with Crippen LogP contribution in [0.25, 0.3) is 103 Å². The van der Waals surface area contributed by atoms with Gasteiger partial charge in [-0.2, -0.15) is 0 Å². The van der Waals surface area contributed by atoms with Crippen LogP contribution >= 0.6 is 0 Å². The Morgan fingerprint density at radius 3 is 1.49 bits per heavy atom. The first-order valence-electron chi connectivity index (χ1n) is 19.6. The van der Waals surface area contributed by atoms with Gasteiger partial charge in [-0.15, -0.1) is 0 Å². The molecule has 3 aromatic heterocycles. The van der Waals surface area contributed by atoms with Crippen molar-refractivity contribution in [3.63, 3.8) is 0 Å². The zero-order chi connectivity index (χ0) is 37.2. The van der Waals surface area contributed by atoms with Gasteiger partial charge in [0.15, 0.2) is 5.58 Å². The van der Waals surface area contributed by atoms with E-state index < -0.39 is 0 Å². The quantitative estimate of drug-likeness (QED) is 0.169. The Morgan fingerprint density at radius 2 is 0.842 bits per heavy atom. The Kier molecular flexibility index (Phi) is 6.16. The largest absolute Gasteiger partial charge is 0.454 e. The molecule has 0 radical (unpaired) electrons. The van der Waals surface area contributed by atoms with Crippen LogP contribution in [-0.2, 0) is 0 Å². The molecule has 10 aromatic carbocycles. The van der Waals surface area contributed by atoms with Crippen molar-refractivity contribution in [2.45, 2.75) is 0 Å². The fraction of sp³-hybridized carbons (Fsp3) is 0. The van der Waals surface area contributed by atoms with Crippen molar-refractivity contribution >= 4 is 109 Å². The molecule has 0 aliphatic carbocycles. The summed E-state index contributed by atoms with van der Waals surface area (Å²) < 4.78 is 9.14. The van der Waals surface area contributed by atoms with E-state index in [4.69, 9.17) is 4.42 Å². The summed E-state index contributed by atoms with van der Waals surface area (Å²) in [5.41, 5.74) is 11.1. The van der Waals surface area contributed by atoms with Crippen LogP contribution in [0.1, 0.15) is 0 Å². The highest BCUT2D eigenvalue weighted by Crippen LogP contribution is 2.46. The Bertz CT molecular complexity index is 3640. The molecule has 0 aliphatic rings. The monoisotopic (exact) mass is 724 g/mol. The fourth-order valence-electron chi connectivity index (χ4n) is 9.79. The highest BCUT2D eigenvalue weighted by molar-refractivity contribution is 6.26. The predicted molar refractivity (Wildman–Crippen MR) is 241 cm³/mol. The fourth-order valence-corrected chi connectivity index (χ4v) is 9.79. The molecule has 0 bridgehead atoms. The van der Waals surface area contributed by atoms with Gasteiger partial charge >= 0.3 is 0 Å². The molecule has 3 heterocycles. The smallest absolute Gasteiger partial charge is 0.159 e. The number of aromatic nitrogens is 1. The maximum atomic E-state index is 6.70. The number of hydrogen-bond acceptors (Lipinski definition) is 2. The molecule has 0 saturated heterocycles. The lowest BCUT2D eigenvalue weighted by atomic mass is 9.94. The van der Waals surface area contributed by atoms with E-state index in [0.29, 0.717) is 0 Å². The lowest BCUT2D eigenvalue weighted by Crippen LogP contribution is -2.10. The molecule has 3 heteroatoms. The second kappa shape index (κ2) is 11.5. The summed E-state index contributed by atoms with van der Waals surface area (Å²) in [6.45, 7) is 0.